The average molecular weight is 396 g/mol. The number of carbonyl (C=O) groups excluding carboxylic acids is 1. The van der Waals surface area contributed by atoms with Crippen LogP contribution >= 0.6 is 0 Å². The lowest BCUT2D eigenvalue weighted by Crippen LogP contribution is -2.60. The van der Waals surface area contributed by atoms with Crippen LogP contribution in [0.4, 0.5) is 0 Å². The lowest BCUT2D eigenvalue weighted by atomic mass is 9.87. The van der Waals surface area contributed by atoms with E-state index in [0.29, 0.717) is 18.4 Å². The van der Waals surface area contributed by atoms with Crippen LogP contribution in [0.5, 0.6) is 0 Å². The topological polar surface area (TPSA) is 126 Å². The Morgan fingerprint density at radius 2 is 2.33 bits per heavy atom. The number of hydrogen-bond acceptors (Lipinski definition) is 7. The molecule has 2 aliphatic heterocycles. The maximum Gasteiger partial charge on any atom is 0.237 e. The van der Waals surface area contributed by atoms with Gasteiger partial charge in [0.15, 0.2) is 9.84 Å². The Hall–Kier alpha value is -1.55. The fraction of sp³-hybridized carbons (Fsp3) is 0.611. The summed E-state index contributed by atoms with van der Waals surface area (Å²) in [6, 6.07) is 3.55. The molecule has 1 aromatic heterocycles. The van der Waals surface area contributed by atoms with Gasteiger partial charge in [0.1, 0.15) is 10.9 Å². The second kappa shape index (κ2) is 7.83. The molecule has 0 spiro atoms. The molecule has 1 radical (unpaired) electrons. The third-order valence-electron chi connectivity index (χ3n) is 5.62. The molecule has 9 heteroatoms. The number of hydrogen-bond donors (Lipinski definition) is 3. The molecule has 0 aromatic carbocycles. The highest BCUT2D eigenvalue weighted by molar-refractivity contribution is 7.90. The minimum Gasteiger partial charge on any atom is -0.390 e. The number of amides is 1. The van der Waals surface area contributed by atoms with Gasteiger partial charge in [0, 0.05) is 43.3 Å². The van der Waals surface area contributed by atoms with Gasteiger partial charge in [-0.25, -0.2) is 8.42 Å². The highest BCUT2D eigenvalue weighted by atomic mass is 32.2. The number of nitrogens with one attached hydrogen (secondary N) is 1. The monoisotopic (exact) mass is 395 g/mol. The highest BCUT2D eigenvalue weighted by Crippen LogP contribution is 2.43. The first kappa shape index (κ1) is 20.2. The number of carbonyl (C=O) groups is 1. The first-order chi connectivity index (χ1) is 12.7. The molecule has 2 unspecified atom stereocenters. The number of β-amino-alcohol motifs (C(OH)–C–C–N with tert-alkyl or cyclic N) is 1. The molecule has 1 aromatic rings. The van der Waals surface area contributed by atoms with Gasteiger partial charge in [0.25, 0.3) is 0 Å². The number of nitrogens with two attached hydrogens (primary N) is 1. The zero-order valence-corrected chi connectivity index (χ0v) is 16.2. The van der Waals surface area contributed by atoms with E-state index >= 15 is 0 Å². The number of fused-ring (bicyclic) bond motifs is 2. The van der Waals surface area contributed by atoms with E-state index in [-0.39, 0.29) is 25.0 Å². The fourth-order valence-electron chi connectivity index (χ4n) is 4.30. The SMILES string of the molecule is CS(=O)(=O)C(NCC(O)CN1[C@@H]2C[CH]C[C@@]1(C(N)=O)CC2)c1cccnc1. The molecule has 2 saturated heterocycles. The number of pyridine rings is 1. The van der Waals surface area contributed by atoms with E-state index in [1.807, 2.05) is 4.90 Å². The number of primary amides is 1. The molecule has 2 aliphatic rings. The van der Waals surface area contributed by atoms with Crippen LogP contribution in [0.3, 0.4) is 0 Å². The Kier molecular flexibility index (Phi) is 5.85. The molecule has 3 heterocycles. The summed E-state index contributed by atoms with van der Waals surface area (Å²) >= 11 is 0. The number of aliphatic hydroxyl groups is 1. The fourth-order valence-corrected chi connectivity index (χ4v) is 5.34. The zero-order valence-electron chi connectivity index (χ0n) is 15.4. The van der Waals surface area contributed by atoms with Crippen LogP contribution in [-0.2, 0) is 14.6 Å². The maximum atomic E-state index is 12.1. The summed E-state index contributed by atoms with van der Waals surface area (Å²) in [5.41, 5.74) is 5.48. The van der Waals surface area contributed by atoms with Gasteiger partial charge < -0.3 is 10.8 Å². The van der Waals surface area contributed by atoms with Crippen molar-refractivity contribution >= 4 is 15.7 Å². The van der Waals surface area contributed by atoms with E-state index in [0.717, 1.165) is 19.1 Å². The van der Waals surface area contributed by atoms with Gasteiger partial charge in [-0.05, 0) is 38.2 Å². The van der Waals surface area contributed by atoms with Crippen molar-refractivity contribution in [2.45, 2.75) is 48.7 Å². The van der Waals surface area contributed by atoms with Crippen molar-refractivity contribution < 1.29 is 18.3 Å². The molecular formula is C18H27N4O4S. The highest BCUT2D eigenvalue weighted by Gasteiger charge is 2.52. The van der Waals surface area contributed by atoms with E-state index < -0.39 is 26.9 Å². The predicted octanol–water partition coefficient (Wildman–Crippen LogP) is -0.238. The molecule has 2 bridgehead atoms. The number of sulfone groups is 1. The summed E-state index contributed by atoms with van der Waals surface area (Å²) in [6.07, 6.45) is 8.53. The summed E-state index contributed by atoms with van der Waals surface area (Å²) < 4.78 is 24.3. The van der Waals surface area contributed by atoms with Crippen molar-refractivity contribution in [2.24, 2.45) is 5.73 Å². The largest absolute Gasteiger partial charge is 0.390 e. The Morgan fingerprint density at radius 1 is 1.56 bits per heavy atom. The van der Waals surface area contributed by atoms with Crippen LogP contribution in [-0.4, -0.2) is 66.3 Å². The standard InChI is InChI=1S/C18H27N4O4S/c1-27(25,26)16(13-4-3-9-20-10-13)21-11-15(23)12-22-14-5-2-7-18(22,8-6-14)17(19)24/h2-4,9-10,14-16,21,23H,5-8,11-12H2,1H3,(H2,19,24)/t14-,15?,16?,18+/m1/s1. The van der Waals surface area contributed by atoms with Crippen molar-refractivity contribution in [3.63, 3.8) is 0 Å². The predicted molar refractivity (Wildman–Crippen MR) is 101 cm³/mol. The third-order valence-corrected chi connectivity index (χ3v) is 6.92. The Labute approximate surface area is 160 Å². The molecule has 1 amide bonds. The number of piperidine rings is 1. The summed E-state index contributed by atoms with van der Waals surface area (Å²) in [7, 11) is -3.44. The summed E-state index contributed by atoms with van der Waals surface area (Å²) in [6.45, 7) is 0.354. The number of nitrogens with zero attached hydrogens (tertiary/aromatic N) is 2. The van der Waals surface area contributed by atoms with Crippen molar-refractivity contribution in [3.8, 4) is 0 Å². The Morgan fingerprint density at radius 3 is 2.96 bits per heavy atom. The smallest absolute Gasteiger partial charge is 0.237 e. The summed E-state index contributed by atoms with van der Waals surface area (Å²) in [4.78, 5) is 18.1. The lowest BCUT2D eigenvalue weighted by molar-refractivity contribution is -0.131. The van der Waals surface area contributed by atoms with Crippen LogP contribution in [0.1, 0.15) is 36.6 Å². The van der Waals surface area contributed by atoms with E-state index in [9.17, 15) is 18.3 Å². The van der Waals surface area contributed by atoms with Gasteiger partial charge in [-0.2, -0.15) is 0 Å². The first-order valence-electron chi connectivity index (χ1n) is 9.12. The molecule has 8 nitrogen and oxygen atoms in total. The van der Waals surface area contributed by atoms with Crippen molar-refractivity contribution in [1.29, 1.82) is 0 Å². The van der Waals surface area contributed by atoms with Gasteiger partial charge in [0.05, 0.1) is 6.10 Å². The van der Waals surface area contributed by atoms with E-state index in [1.165, 1.54) is 6.20 Å². The second-order valence-electron chi connectivity index (χ2n) is 7.53. The van der Waals surface area contributed by atoms with Gasteiger partial charge in [0.2, 0.25) is 5.91 Å². The van der Waals surface area contributed by atoms with Crippen molar-refractivity contribution in [3.05, 3.63) is 36.5 Å². The maximum absolute atomic E-state index is 12.1. The van der Waals surface area contributed by atoms with Gasteiger partial charge in [-0.1, -0.05) is 6.07 Å². The quantitative estimate of drug-likeness (QED) is 0.555. The number of aliphatic hydroxyl groups excluding tert-OH is 1. The minimum absolute atomic E-state index is 0.0778. The van der Waals surface area contributed by atoms with Crippen molar-refractivity contribution in [1.82, 2.24) is 15.2 Å². The van der Waals surface area contributed by atoms with Crippen LogP contribution in [0.15, 0.2) is 24.5 Å². The van der Waals surface area contributed by atoms with Gasteiger partial charge in [-0.15, -0.1) is 0 Å². The van der Waals surface area contributed by atoms with Crippen LogP contribution in [0.25, 0.3) is 0 Å². The molecule has 149 valence electrons. The molecule has 4 atom stereocenters. The molecule has 0 aliphatic carbocycles. The summed E-state index contributed by atoms with van der Waals surface area (Å²) in [5, 5.41) is 12.5. The average Bonchev–Trinajstić information content (AvgIpc) is 2.80. The second-order valence-corrected chi connectivity index (χ2v) is 9.66. The van der Waals surface area contributed by atoms with Crippen LogP contribution < -0.4 is 11.1 Å². The normalized spacial score (nSPS) is 28.0. The number of rotatable bonds is 8. The van der Waals surface area contributed by atoms with Gasteiger partial charge in [-0.3, -0.25) is 20.0 Å². The Bertz CT molecular complexity index is 769. The van der Waals surface area contributed by atoms with Gasteiger partial charge >= 0.3 is 0 Å². The molecule has 2 fully saturated rings. The van der Waals surface area contributed by atoms with E-state index in [2.05, 4.69) is 16.7 Å². The molecular weight excluding hydrogens is 368 g/mol. The Balaban J connectivity index is 1.66. The minimum atomic E-state index is -3.44. The molecule has 0 saturated carbocycles. The number of aromatic nitrogens is 1. The zero-order chi connectivity index (χ0) is 19.7. The third kappa shape index (κ3) is 4.16. The summed E-state index contributed by atoms with van der Waals surface area (Å²) in [5.74, 6) is -0.356. The van der Waals surface area contributed by atoms with E-state index in [1.54, 1.807) is 18.3 Å². The lowest BCUT2D eigenvalue weighted by Gasteiger charge is -2.43. The molecule has 4 N–H and O–H groups in total. The van der Waals surface area contributed by atoms with Crippen LogP contribution in [0.2, 0.25) is 0 Å². The van der Waals surface area contributed by atoms with E-state index in [4.69, 9.17) is 5.73 Å². The first-order valence-corrected chi connectivity index (χ1v) is 11.1. The van der Waals surface area contributed by atoms with Crippen molar-refractivity contribution in [2.75, 3.05) is 19.3 Å². The molecule has 3 rings (SSSR count). The molecule has 27 heavy (non-hydrogen) atoms. The van der Waals surface area contributed by atoms with Crippen LogP contribution in [0, 0.1) is 6.42 Å².